The van der Waals surface area contributed by atoms with E-state index in [-0.39, 0.29) is 17.1 Å². The van der Waals surface area contributed by atoms with Gasteiger partial charge in [-0.3, -0.25) is 15.0 Å². The minimum atomic E-state index is -2.97. The molecule has 0 atom stereocenters. The number of anilines is 1. The van der Waals surface area contributed by atoms with Crippen LogP contribution in [0.25, 0.3) is 0 Å². The number of halogens is 2. The highest BCUT2D eigenvalue weighted by Gasteiger charge is 2.16. The van der Waals surface area contributed by atoms with Gasteiger partial charge in [-0.15, -0.1) is 11.3 Å². The zero-order valence-electron chi connectivity index (χ0n) is 14.9. The highest BCUT2D eigenvalue weighted by atomic mass is 32.1. The Morgan fingerprint density at radius 1 is 1.30 bits per heavy atom. The highest BCUT2D eigenvalue weighted by Crippen LogP contribution is 2.30. The van der Waals surface area contributed by atoms with Gasteiger partial charge in [0, 0.05) is 17.5 Å². The quantitative estimate of drug-likeness (QED) is 0.765. The van der Waals surface area contributed by atoms with Gasteiger partial charge < -0.3 is 9.47 Å². The van der Waals surface area contributed by atoms with Crippen LogP contribution in [0.2, 0.25) is 0 Å². The van der Waals surface area contributed by atoms with E-state index < -0.39 is 12.5 Å². The van der Waals surface area contributed by atoms with E-state index in [0.717, 1.165) is 25.3 Å². The number of rotatable bonds is 7. The summed E-state index contributed by atoms with van der Waals surface area (Å²) in [6.07, 6.45) is 3.70. The van der Waals surface area contributed by atoms with E-state index in [1.54, 1.807) is 0 Å². The van der Waals surface area contributed by atoms with Crippen LogP contribution in [0.4, 0.5) is 13.9 Å². The van der Waals surface area contributed by atoms with E-state index in [1.165, 1.54) is 55.9 Å². The second kappa shape index (κ2) is 9.09. The topological polar surface area (TPSA) is 63.7 Å². The van der Waals surface area contributed by atoms with Crippen molar-refractivity contribution >= 4 is 22.4 Å². The molecule has 0 aliphatic carbocycles. The lowest BCUT2D eigenvalue weighted by molar-refractivity contribution is -0.0512. The van der Waals surface area contributed by atoms with Gasteiger partial charge in [-0.2, -0.15) is 8.78 Å². The number of piperidine rings is 1. The van der Waals surface area contributed by atoms with Crippen LogP contribution in [-0.2, 0) is 6.54 Å². The van der Waals surface area contributed by atoms with Crippen LogP contribution in [0.15, 0.2) is 23.6 Å². The van der Waals surface area contributed by atoms with Gasteiger partial charge in [0.1, 0.15) is 0 Å². The van der Waals surface area contributed by atoms with Gasteiger partial charge in [0.05, 0.1) is 12.8 Å². The van der Waals surface area contributed by atoms with E-state index in [0.29, 0.717) is 5.13 Å². The number of ether oxygens (including phenoxy) is 2. The van der Waals surface area contributed by atoms with Gasteiger partial charge in [0.15, 0.2) is 16.6 Å². The van der Waals surface area contributed by atoms with E-state index in [2.05, 4.69) is 19.9 Å². The van der Waals surface area contributed by atoms with Crippen molar-refractivity contribution < 1.29 is 23.0 Å². The molecule has 1 saturated heterocycles. The summed E-state index contributed by atoms with van der Waals surface area (Å²) in [5, 5.41) is 5.17. The molecule has 1 aliphatic rings. The summed E-state index contributed by atoms with van der Waals surface area (Å²) in [7, 11) is 1.32. The maximum atomic E-state index is 12.4. The number of carbonyl (C=O) groups excluding carboxylic acids is 1. The Kier molecular flexibility index (Phi) is 6.57. The summed E-state index contributed by atoms with van der Waals surface area (Å²) in [6.45, 7) is -0.0370. The van der Waals surface area contributed by atoms with Crippen molar-refractivity contribution in [3.63, 3.8) is 0 Å². The highest BCUT2D eigenvalue weighted by molar-refractivity contribution is 7.13. The van der Waals surface area contributed by atoms with E-state index in [4.69, 9.17) is 4.74 Å². The maximum Gasteiger partial charge on any atom is 0.387 e. The molecule has 146 valence electrons. The summed E-state index contributed by atoms with van der Waals surface area (Å²) in [6, 6.07) is 4.04. The number of hydrogen-bond donors (Lipinski definition) is 1. The summed E-state index contributed by atoms with van der Waals surface area (Å²) < 4.78 is 34.2. The third-order valence-electron chi connectivity index (χ3n) is 4.25. The molecule has 3 rings (SSSR count). The SMILES string of the molecule is COc1cc(C(=O)Nc2nc(CN3CCCCC3)cs2)ccc1OC(F)F. The molecule has 0 radical (unpaired) electrons. The summed E-state index contributed by atoms with van der Waals surface area (Å²) in [4.78, 5) is 19.2. The normalized spacial score (nSPS) is 15.0. The predicted molar refractivity (Wildman–Crippen MR) is 98.8 cm³/mol. The molecule has 1 aromatic carbocycles. The molecule has 0 unspecified atom stereocenters. The largest absolute Gasteiger partial charge is 0.493 e. The number of benzene rings is 1. The summed E-state index contributed by atoms with van der Waals surface area (Å²) in [5.74, 6) is -0.453. The first-order chi connectivity index (χ1) is 13.0. The number of aromatic nitrogens is 1. The number of hydrogen-bond acceptors (Lipinski definition) is 6. The molecular formula is C18H21F2N3O3S. The van der Waals surface area contributed by atoms with Gasteiger partial charge >= 0.3 is 6.61 Å². The second-order valence-corrected chi connectivity index (χ2v) is 7.04. The summed E-state index contributed by atoms with van der Waals surface area (Å²) >= 11 is 1.36. The standard InChI is InChI=1S/C18H21F2N3O3S/c1-25-15-9-12(5-6-14(15)26-17(19)20)16(24)22-18-21-13(11-27-18)10-23-7-3-2-4-8-23/h5-6,9,11,17H,2-4,7-8,10H2,1H3,(H,21,22,24). The Morgan fingerprint density at radius 3 is 2.78 bits per heavy atom. The molecule has 6 nitrogen and oxygen atoms in total. The Balaban J connectivity index is 1.63. The number of thiazole rings is 1. The Bertz CT molecular complexity index is 779. The molecule has 0 spiro atoms. The number of methoxy groups -OCH3 is 1. The van der Waals surface area contributed by atoms with Crippen molar-refractivity contribution in [1.82, 2.24) is 9.88 Å². The lowest BCUT2D eigenvalue weighted by Gasteiger charge is -2.25. The maximum absolute atomic E-state index is 12.4. The van der Waals surface area contributed by atoms with Crippen LogP contribution in [0.1, 0.15) is 35.3 Å². The second-order valence-electron chi connectivity index (χ2n) is 6.18. The van der Waals surface area contributed by atoms with Crippen molar-refractivity contribution in [1.29, 1.82) is 0 Å². The number of alkyl halides is 2. The number of nitrogens with zero attached hydrogens (tertiary/aromatic N) is 2. The Hall–Kier alpha value is -2.26. The first kappa shape index (κ1) is 19.5. The van der Waals surface area contributed by atoms with Crippen LogP contribution in [0.3, 0.4) is 0 Å². The summed E-state index contributed by atoms with van der Waals surface area (Å²) in [5.41, 5.74) is 1.19. The minimum Gasteiger partial charge on any atom is -0.493 e. The van der Waals surface area contributed by atoms with Crippen LogP contribution in [-0.4, -0.2) is 42.6 Å². The average Bonchev–Trinajstić information content (AvgIpc) is 3.09. The molecule has 1 N–H and O–H groups in total. The van der Waals surface area contributed by atoms with Gasteiger partial charge in [-0.05, 0) is 44.1 Å². The molecule has 27 heavy (non-hydrogen) atoms. The first-order valence-corrected chi connectivity index (χ1v) is 9.54. The molecule has 0 bridgehead atoms. The number of likely N-dealkylation sites (tertiary alicyclic amines) is 1. The lowest BCUT2D eigenvalue weighted by atomic mass is 10.1. The van der Waals surface area contributed by atoms with Crippen LogP contribution in [0.5, 0.6) is 11.5 Å². The molecule has 0 saturated carbocycles. The molecule has 2 aromatic rings. The monoisotopic (exact) mass is 397 g/mol. The van der Waals surface area contributed by atoms with Crippen LogP contribution in [0, 0.1) is 0 Å². The minimum absolute atomic E-state index is 0.0628. The van der Waals surface area contributed by atoms with Crippen molar-refractivity contribution in [2.45, 2.75) is 32.4 Å². The van der Waals surface area contributed by atoms with Crippen molar-refractivity contribution in [2.24, 2.45) is 0 Å². The van der Waals surface area contributed by atoms with E-state index in [9.17, 15) is 13.6 Å². The smallest absolute Gasteiger partial charge is 0.387 e. The van der Waals surface area contributed by atoms with Crippen molar-refractivity contribution in [2.75, 3.05) is 25.5 Å². The number of nitrogens with one attached hydrogen (secondary N) is 1. The molecule has 2 heterocycles. The molecule has 1 aromatic heterocycles. The molecular weight excluding hydrogens is 376 g/mol. The van der Waals surface area contributed by atoms with Gasteiger partial charge in [0.25, 0.3) is 5.91 Å². The average molecular weight is 397 g/mol. The van der Waals surface area contributed by atoms with Crippen LogP contribution >= 0.6 is 11.3 Å². The fraction of sp³-hybridized carbons (Fsp3) is 0.444. The fourth-order valence-corrected chi connectivity index (χ4v) is 3.65. The molecule has 1 fully saturated rings. The predicted octanol–water partition coefficient (Wildman–Crippen LogP) is 3.99. The molecule has 1 amide bonds. The van der Waals surface area contributed by atoms with Crippen molar-refractivity contribution in [3.8, 4) is 11.5 Å². The zero-order valence-corrected chi connectivity index (χ0v) is 15.7. The Morgan fingerprint density at radius 2 is 2.07 bits per heavy atom. The first-order valence-electron chi connectivity index (χ1n) is 8.66. The van der Waals surface area contributed by atoms with Gasteiger partial charge in [-0.25, -0.2) is 4.98 Å². The van der Waals surface area contributed by atoms with Crippen LogP contribution < -0.4 is 14.8 Å². The number of amides is 1. The van der Waals surface area contributed by atoms with Gasteiger partial charge in [-0.1, -0.05) is 6.42 Å². The van der Waals surface area contributed by atoms with Crippen molar-refractivity contribution in [3.05, 3.63) is 34.8 Å². The van der Waals surface area contributed by atoms with E-state index >= 15 is 0 Å². The fourth-order valence-electron chi connectivity index (χ4n) is 2.96. The Labute approximate surface area is 160 Å². The van der Waals surface area contributed by atoms with E-state index in [1.807, 2.05) is 5.38 Å². The third-order valence-corrected chi connectivity index (χ3v) is 5.05. The molecule has 9 heteroatoms. The van der Waals surface area contributed by atoms with Gasteiger partial charge in [0.2, 0.25) is 0 Å². The zero-order chi connectivity index (χ0) is 19.2. The third kappa shape index (κ3) is 5.36. The lowest BCUT2D eigenvalue weighted by Crippen LogP contribution is -2.29. The molecule has 1 aliphatic heterocycles. The number of carbonyl (C=O) groups is 1.